The number of anilines is 2. The minimum atomic E-state index is -3.54. The number of aryl methyl sites for hydroxylation is 1. The van der Waals surface area contributed by atoms with Crippen LogP contribution in [0.2, 0.25) is 0 Å². The zero-order valence-electron chi connectivity index (χ0n) is 12.3. The van der Waals surface area contributed by atoms with Gasteiger partial charge in [-0.2, -0.15) is 0 Å². The number of sulfonamides is 1. The van der Waals surface area contributed by atoms with Crippen molar-refractivity contribution >= 4 is 33.8 Å². The smallest absolute Gasteiger partial charge is 0.264 e. The van der Waals surface area contributed by atoms with Crippen LogP contribution < -0.4 is 10.0 Å². The number of nitrogens with two attached hydrogens (primary N) is 1. The average Bonchev–Trinajstić information content (AvgIpc) is 2.47. The van der Waals surface area contributed by atoms with Crippen LogP contribution in [0.5, 0.6) is 0 Å². The first-order chi connectivity index (χ1) is 10.00. The molecule has 1 heterocycles. The lowest BCUT2D eigenvalue weighted by molar-refractivity contribution is 0.586. The topological polar surface area (TPSA) is 63.4 Å². The summed E-state index contributed by atoms with van der Waals surface area (Å²) in [6.45, 7) is 2.38. The van der Waals surface area contributed by atoms with E-state index >= 15 is 0 Å². The van der Waals surface area contributed by atoms with Crippen LogP contribution in [-0.2, 0) is 16.4 Å². The van der Waals surface area contributed by atoms with Gasteiger partial charge in [0.05, 0.1) is 10.6 Å². The van der Waals surface area contributed by atoms with E-state index in [1.807, 2.05) is 25.1 Å². The normalized spacial score (nSPS) is 14.1. The summed E-state index contributed by atoms with van der Waals surface area (Å²) < 4.78 is 27.3. The van der Waals surface area contributed by atoms with Gasteiger partial charge < -0.3 is 5.73 Å². The van der Waals surface area contributed by atoms with E-state index in [1.54, 1.807) is 24.3 Å². The number of fused-ring (bicyclic) bond motifs is 1. The maximum absolute atomic E-state index is 12.9. The van der Waals surface area contributed by atoms with Crippen molar-refractivity contribution in [3.8, 4) is 0 Å². The van der Waals surface area contributed by atoms with Crippen LogP contribution >= 0.6 is 12.4 Å². The Hall–Kier alpha value is -1.72. The predicted octanol–water partition coefficient (Wildman–Crippen LogP) is 3.14. The summed E-state index contributed by atoms with van der Waals surface area (Å²) in [7, 11) is -3.54. The van der Waals surface area contributed by atoms with E-state index in [4.69, 9.17) is 5.73 Å². The Kier molecular flexibility index (Phi) is 4.68. The molecule has 0 amide bonds. The number of hydrogen-bond acceptors (Lipinski definition) is 3. The third-order valence-electron chi connectivity index (χ3n) is 3.82. The second-order valence-corrected chi connectivity index (χ2v) is 7.20. The van der Waals surface area contributed by atoms with Crippen LogP contribution in [-0.4, -0.2) is 15.0 Å². The maximum Gasteiger partial charge on any atom is 0.264 e. The lowest BCUT2D eigenvalue weighted by atomic mass is 10.0. The predicted molar refractivity (Wildman–Crippen MR) is 92.1 cm³/mol. The zero-order valence-corrected chi connectivity index (χ0v) is 14.0. The monoisotopic (exact) mass is 338 g/mol. The zero-order chi connectivity index (χ0) is 15.0. The molecule has 3 rings (SSSR count). The molecule has 0 radical (unpaired) electrons. The molecule has 0 unspecified atom stereocenters. The Labute approximate surface area is 137 Å². The summed E-state index contributed by atoms with van der Waals surface area (Å²) in [5.41, 5.74) is 9.22. The van der Waals surface area contributed by atoms with Gasteiger partial charge in [0.25, 0.3) is 10.0 Å². The largest absolute Gasteiger partial charge is 0.398 e. The van der Waals surface area contributed by atoms with E-state index in [-0.39, 0.29) is 12.4 Å². The van der Waals surface area contributed by atoms with Crippen molar-refractivity contribution < 1.29 is 8.42 Å². The van der Waals surface area contributed by atoms with Crippen LogP contribution in [0.15, 0.2) is 47.4 Å². The molecule has 118 valence electrons. The molecule has 0 saturated carbocycles. The van der Waals surface area contributed by atoms with Crippen LogP contribution in [0.4, 0.5) is 11.4 Å². The quantitative estimate of drug-likeness (QED) is 0.855. The van der Waals surface area contributed by atoms with Gasteiger partial charge in [0, 0.05) is 12.2 Å². The molecule has 0 fully saturated rings. The highest BCUT2D eigenvalue weighted by atomic mass is 35.5. The molecule has 4 nitrogen and oxygen atoms in total. The number of halogens is 1. The molecule has 0 saturated heterocycles. The van der Waals surface area contributed by atoms with Crippen LogP contribution in [0.3, 0.4) is 0 Å². The summed E-state index contributed by atoms with van der Waals surface area (Å²) in [4.78, 5) is 0.331. The molecule has 2 aromatic rings. The van der Waals surface area contributed by atoms with Crippen molar-refractivity contribution in [1.82, 2.24) is 0 Å². The molecule has 0 spiro atoms. The third kappa shape index (κ3) is 2.78. The molecule has 6 heteroatoms. The van der Waals surface area contributed by atoms with E-state index in [0.29, 0.717) is 22.8 Å². The van der Waals surface area contributed by atoms with Crippen molar-refractivity contribution in [2.24, 2.45) is 0 Å². The molecule has 22 heavy (non-hydrogen) atoms. The first-order valence-electron chi connectivity index (χ1n) is 6.97. The fourth-order valence-electron chi connectivity index (χ4n) is 2.77. The summed E-state index contributed by atoms with van der Waals surface area (Å²) in [5.74, 6) is 0. The first kappa shape index (κ1) is 16.6. The molecular formula is C16H19ClN2O2S. The SMILES string of the molecule is Cc1cccc(S(=O)(=O)N2CCCc3c(N)cccc32)c1.Cl. The molecule has 0 aliphatic carbocycles. The fraction of sp³-hybridized carbons (Fsp3) is 0.250. The van der Waals surface area contributed by atoms with Crippen LogP contribution in [0.1, 0.15) is 17.5 Å². The van der Waals surface area contributed by atoms with Gasteiger partial charge in [0.2, 0.25) is 0 Å². The maximum atomic E-state index is 12.9. The molecule has 0 aromatic heterocycles. The number of benzene rings is 2. The third-order valence-corrected chi connectivity index (χ3v) is 5.63. The summed E-state index contributed by atoms with van der Waals surface area (Å²) in [6.07, 6.45) is 1.61. The minimum Gasteiger partial charge on any atom is -0.398 e. The summed E-state index contributed by atoms with van der Waals surface area (Å²) >= 11 is 0. The fourth-order valence-corrected chi connectivity index (χ4v) is 4.41. The van der Waals surface area contributed by atoms with Gasteiger partial charge in [0.1, 0.15) is 0 Å². The second-order valence-electron chi connectivity index (χ2n) is 5.34. The highest BCUT2D eigenvalue weighted by Crippen LogP contribution is 2.34. The van der Waals surface area contributed by atoms with Crippen molar-refractivity contribution in [3.63, 3.8) is 0 Å². The van der Waals surface area contributed by atoms with Crippen molar-refractivity contribution in [1.29, 1.82) is 0 Å². The lowest BCUT2D eigenvalue weighted by Crippen LogP contribution is -2.35. The van der Waals surface area contributed by atoms with Gasteiger partial charge in [-0.1, -0.05) is 18.2 Å². The number of rotatable bonds is 2. The Morgan fingerprint density at radius 1 is 1.14 bits per heavy atom. The van der Waals surface area contributed by atoms with E-state index in [0.717, 1.165) is 24.0 Å². The van der Waals surface area contributed by atoms with Crippen molar-refractivity contribution in [2.75, 3.05) is 16.6 Å². The molecule has 2 N–H and O–H groups in total. The average molecular weight is 339 g/mol. The highest BCUT2D eigenvalue weighted by molar-refractivity contribution is 7.92. The van der Waals surface area contributed by atoms with Gasteiger partial charge in [-0.15, -0.1) is 12.4 Å². The van der Waals surface area contributed by atoms with Crippen LogP contribution in [0, 0.1) is 6.92 Å². The van der Waals surface area contributed by atoms with E-state index in [9.17, 15) is 8.42 Å². The van der Waals surface area contributed by atoms with Crippen molar-refractivity contribution in [3.05, 3.63) is 53.6 Å². The van der Waals surface area contributed by atoms with Gasteiger partial charge in [-0.05, 0) is 55.2 Å². The van der Waals surface area contributed by atoms with Crippen LogP contribution in [0.25, 0.3) is 0 Å². The molecule has 1 aliphatic heterocycles. The van der Waals surface area contributed by atoms with E-state index in [2.05, 4.69) is 0 Å². The second kappa shape index (κ2) is 6.18. The lowest BCUT2D eigenvalue weighted by Gasteiger charge is -2.31. The summed E-state index contributed by atoms with van der Waals surface area (Å²) in [6, 6.07) is 12.5. The molecule has 1 aliphatic rings. The standard InChI is InChI=1S/C16H18N2O2S.ClH/c1-12-5-2-6-13(11-12)21(19,20)18-10-4-7-14-15(17)8-3-9-16(14)18;/h2-3,5-6,8-9,11H,4,7,10,17H2,1H3;1H. The molecule has 2 aromatic carbocycles. The Morgan fingerprint density at radius 3 is 2.59 bits per heavy atom. The number of hydrogen-bond donors (Lipinski definition) is 1. The first-order valence-corrected chi connectivity index (χ1v) is 8.41. The van der Waals surface area contributed by atoms with Gasteiger partial charge in [-0.3, -0.25) is 4.31 Å². The molecular weight excluding hydrogens is 320 g/mol. The van der Waals surface area contributed by atoms with E-state index < -0.39 is 10.0 Å². The van der Waals surface area contributed by atoms with E-state index in [1.165, 1.54) is 4.31 Å². The van der Waals surface area contributed by atoms with Crippen molar-refractivity contribution in [2.45, 2.75) is 24.7 Å². The Bertz CT molecular complexity index is 790. The minimum absolute atomic E-state index is 0. The number of nitrogens with zero attached hydrogens (tertiary/aromatic N) is 1. The number of nitrogen functional groups attached to an aromatic ring is 1. The summed E-state index contributed by atoms with van der Waals surface area (Å²) in [5, 5.41) is 0. The Balaban J connectivity index is 0.00000176. The Morgan fingerprint density at radius 2 is 1.86 bits per heavy atom. The highest BCUT2D eigenvalue weighted by Gasteiger charge is 2.29. The van der Waals surface area contributed by atoms with Gasteiger partial charge in [-0.25, -0.2) is 8.42 Å². The molecule has 0 atom stereocenters. The molecule has 0 bridgehead atoms. The van der Waals surface area contributed by atoms with Gasteiger partial charge in [0.15, 0.2) is 0 Å². The van der Waals surface area contributed by atoms with Gasteiger partial charge >= 0.3 is 0 Å².